The molecular formula is C14H9BrCl2O. The summed E-state index contributed by atoms with van der Waals surface area (Å²) in [4.78, 5) is 10.6. The number of hydrogen-bond acceptors (Lipinski definition) is 1. The van der Waals surface area contributed by atoms with Crippen molar-refractivity contribution in [1.29, 1.82) is 0 Å². The fourth-order valence-electron chi connectivity index (χ4n) is 1.60. The summed E-state index contributed by atoms with van der Waals surface area (Å²) in [5.41, 5.74) is 2.65. The highest BCUT2D eigenvalue weighted by Crippen LogP contribution is 2.23. The molecule has 0 saturated carbocycles. The van der Waals surface area contributed by atoms with Crippen LogP contribution < -0.4 is 0 Å². The highest BCUT2D eigenvalue weighted by molar-refractivity contribution is 9.10. The lowest BCUT2D eigenvalue weighted by Crippen LogP contribution is -2.07. The number of hydrogen-bond donors (Lipinski definition) is 0. The first-order chi connectivity index (χ1) is 8.58. The second-order valence-corrected chi connectivity index (χ2v) is 5.76. The second kappa shape index (κ2) is 5.87. The van der Waals surface area contributed by atoms with Gasteiger partial charge in [-0.15, -0.1) is 0 Å². The number of Topliss-reactive ketones (excluding diaryl/α,β-unsaturated/α-hetero) is 1. The molecule has 0 spiro atoms. The van der Waals surface area contributed by atoms with Gasteiger partial charge in [-0.3, -0.25) is 4.79 Å². The number of carbonyl (C=O) groups excluding carboxylic acids is 1. The Balaban J connectivity index is 2.27. The van der Waals surface area contributed by atoms with Gasteiger partial charge in [-0.05, 0) is 23.3 Å². The third kappa shape index (κ3) is 3.14. The van der Waals surface area contributed by atoms with Crippen LogP contribution in [0.25, 0.3) is 11.1 Å². The van der Waals surface area contributed by atoms with Crippen LogP contribution in [0.2, 0.25) is 0 Å². The van der Waals surface area contributed by atoms with Gasteiger partial charge in [0.2, 0.25) is 0 Å². The van der Waals surface area contributed by atoms with Crippen molar-refractivity contribution < 1.29 is 4.79 Å². The molecule has 18 heavy (non-hydrogen) atoms. The van der Waals surface area contributed by atoms with Crippen LogP contribution in [0.4, 0.5) is 0 Å². The van der Waals surface area contributed by atoms with Gasteiger partial charge < -0.3 is 0 Å². The molecule has 0 bridgehead atoms. The first kappa shape index (κ1) is 13.6. The molecule has 4 heteroatoms. The first-order valence-electron chi connectivity index (χ1n) is 5.26. The Morgan fingerprint density at radius 2 is 1.33 bits per heavy atom. The standard InChI is InChI=1S/C14H9BrCl2O/c15-12-7-5-10(6-8-12)9-1-3-11(4-2-9)13(18)14(16)17/h1-8,14H. The molecule has 2 aromatic rings. The lowest BCUT2D eigenvalue weighted by atomic mass is 10.0. The first-order valence-corrected chi connectivity index (χ1v) is 6.93. The van der Waals surface area contributed by atoms with Crippen LogP contribution in [0.15, 0.2) is 53.0 Å². The van der Waals surface area contributed by atoms with Gasteiger partial charge in [0, 0.05) is 10.0 Å². The van der Waals surface area contributed by atoms with Gasteiger partial charge >= 0.3 is 0 Å². The van der Waals surface area contributed by atoms with Crippen LogP contribution in [0.3, 0.4) is 0 Å². The molecule has 92 valence electrons. The van der Waals surface area contributed by atoms with E-state index >= 15 is 0 Å². The molecule has 0 aliphatic carbocycles. The van der Waals surface area contributed by atoms with E-state index in [1.807, 2.05) is 36.4 Å². The van der Waals surface area contributed by atoms with Crippen molar-refractivity contribution in [2.45, 2.75) is 4.84 Å². The fraction of sp³-hybridized carbons (Fsp3) is 0.0714. The molecule has 0 saturated heterocycles. The van der Waals surface area contributed by atoms with E-state index in [9.17, 15) is 4.79 Å². The normalized spacial score (nSPS) is 10.7. The van der Waals surface area contributed by atoms with Crippen LogP contribution in [-0.4, -0.2) is 10.6 Å². The highest BCUT2D eigenvalue weighted by atomic mass is 79.9. The van der Waals surface area contributed by atoms with Crippen LogP contribution in [0.1, 0.15) is 10.4 Å². The molecule has 0 aliphatic rings. The maximum atomic E-state index is 11.6. The Hall–Kier alpha value is -0.830. The van der Waals surface area contributed by atoms with Gasteiger partial charge in [0.1, 0.15) is 0 Å². The lowest BCUT2D eigenvalue weighted by Gasteiger charge is -2.04. The molecule has 0 N–H and O–H groups in total. The summed E-state index contributed by atoms with van der Waals surface area (Å²) in [5, 5.41) is 0. The van der Waals surface area contributed by atoms with Crippen LogP contribution >= 0.6 is 39.1 Å². The van der Waals surface area contributed by atoms with E-state index in [1.165, 1.54) is 0 Å². The number of carbonyl (C=O) groups is 1. The van der Waals surface area contributed by atoms with Crippen LogP contribution in [-0.2, 0) is 0 Å². The van der Waals surface area contributed by atoms with Crippen molar-refractivity contribution in [2.24, 2.45) is 0 Å². The van der Waals surface area contributed by atoms with Gasteiger partial charge in [-0.25, -0.2) is 0 Å². The van der Waals surface area contributed by atoms with E-state index in [0.717, 1.165) is 15.6 Å². The molecule has 2 aromatic carbocycles. The molecule has 0 aromatic heterocycles. The molecule has 0 amide bonds. The minimum absolute atomic E-state index is 0.277. The average molecular weight is 344 g/mol. The highest BCUT2D eigenvalue weighted by Gasteiger charge is 2.13. The van der Waals surface area contributed by atoms with E-state index in [1.54, 1.807) is 12.1 Å². The summed E-state index contributed by atoms with van der Waals surface area (Å²) < 4.78 is 1.03. The number of ketones is 1. The summed E-state index contributed by atoms with van der Waals surface area (Å²) in [5.74, 6) is -0.277. The van der Waals surface area contributed by atoms with E-state index < -0.39 is 4.84 Å². The third-order valence-electron chi connectivity index (χ3n) is 2.55. The predicted octanol–water partition coefficient (Wildman–Crippen LogP) is 5.10. The SMILES string of the molecule is O=C(c1ccc(-c2ccc(Br)cc2)cc1)C(Cl)Cl. The van der Waals surface area contributed by atoms with Crippen molar-refractivity contribution in [3.05, 3.63) is 58.6 Å². The Kier molecular flexibility index (Phi) is 4.44. The zero-order valence-corrected chi connectivity index (χ0v) is 12.3. The molecule has 0 aliphatic heterocycles. The van der Waals surface area contributed by atoms with E-state index in [-0.39, 0.29) is 5.78 Å². The number of alkyl halides is 2. The monoisotopic (exact) mass is 342 g/mol. The van der Waals surface area contributed by atoms with Crippen LogP contribution in [0, 0.1) is 0 Å². The Bertz CT molecular complexity index is 547. The fourth-order valence-corrected chi connectivity index (χ4v) is 2.11. The van der Waals surface area contributed by atoms with E-state index in [2.05, 4.69) is 15.9 Å². The second-order valence-electron chi connectivity index (χ2n) is 3.75. The van der Waals surface area contributed by atoms with Gasteiger partial charge in [-0.2, -0.15) is 0 Å². The largest absolute Gasteiger partial charge is 0.291 e. The summed E-state index contributed by atoms with van der Waals surface area (Å²) in [6.45, 7) is 0. The Morgan fingerprint density at radius 1 is 0.889 bits per heavy atom. The topological polar surface area (TPSA) is 17.1 Å². The Morgan fingerprint density at radius 3 is 1.78 bits per heavy atom. The summed E-state index contributed by atoms with van der Waals surface area (Å²) >= 11 is 14.5. The molecule has 0 unspecified atom stereocenters. The van der Waals surface area contributed by atoms with Gasteiger partial charge in [0.25, 0.3) is 0 Å². The zero-order valence-electron chi connectivity index (χ0n) is 9.24. The van der Waals surface area contributed by atoms with E-state index in [0.29, 0.717) is 5.56 Å². The molecule has 0 atom stereocenters. The minimum Gasteiger partial charge on any atom is -0.291 e. The number of rotatable bonds is 3. The smallest absolute Gasteiger partial charge is 0.195 e. The van der Waals surface area contributed by atoms with Crippen molar-refractivity contribution in [1.82, 2.24) is 0 Å². The lowest BCUT2D eigenvalue weighted by molar-refractivity contribution is 0.101. The van der Waals surface area contributed by atoms with Crippen molar-refractivity contribution in [3.63, 3.8) is 0 Å². The summed E-state index contributed by atoms with van der Waals surface area (Å²) in [6.07, 6.45) is 0. The average Bonchev–Trinajstić information content (AvgIpc) is 2.39. The quantitative estimate of drug-likeness (QED) is 0.559. The maximum absolute atomic E-state index is 11.6. The molecular weight excluding hydrogens is 335 g/mol. The molecule has 2 rings (SSSR count). The van der Waals surface area contributed by atoms with Crippen LogP contribution in [0.5, 0.6) is 0 Å². The third-order valence-corrected chi connectivity index (χ3v) is 3.47. The molecule has 0 radical (unpaired) electrons. The molecule has 1 nitrogen and oxygen atoms in total. The maximum Gasteiger partial charge on any atom is 0.195 e. The minimum atomic E-state index is -1.01. The molecule has 0 heterocycles. The zero-order chi connectivity index (χ0) is 13.1. The Labute approximate surface area is 124 Å². The predicted molar refractivity (Wildman–Crippen MR) is 79.4 cm³/mol. The summed E-state index contributed by atoms with van der Waals surface area (Å²) in [6, 6.07) is 15.2. The summed E-state index contributed by atoms with van der Waals surface area (Å²) in [7, 11) is 0. The van der Waals surface area contributed by atoms with Gasteiger partial charge in [0.15, 0.2) is 10.6 Å². The van der Waals surface area contributed by atoms with Gasteiger partial charge in [-0.1, -0.05) is 75.5 Å². The van der Waals surface area contributed by atoms with E-state index in [4.69, 9.17) is 23.2 Å². The van der Waals surface area contributed by atoms with Crippen molar-refractivity contribution >= 4 is 44.9 Å². The van der Waals surface area contributed by atoms with Crippen molar-refractivity contribution in [2.75, 3.05) is 0 Å². The number of halogens is 3. The van der Waals surface area contributed by atoms with Crippen molar-refractivity contribution in [3.8, 4) is 11.1 Å². The van der Waals surface area contributed by atoms with Gasteiger partial charge in [0.05, 0.1) is 0 Å². The number of benzene rings is 2. The molecule has 0 fully saturated rings.